The van der Waals surface area contributed by atoms with Crippen molar-refractivity contribution in [2.45, 2.75) is 32.4 Å². The predicted molar refractivity (Wildman–Crippen MR) is 64.8 cm³/mol. The molecule has 3 nitrogen and oxygen atoms in total. The Morgan fingerprint density at radius 3 is 3.00 bits per heavy atom. The second-order valence-electron chi connectivity index (χ2n) is 3.36. The first kappa shape index (κ1) is 12.7. The van der Waals surface area contributed by atoms with E-state index in [1.165, 1.54) is 0 Å². The highest BCUT2D eigenvalue weighted by Crippen LogP contribution is 2.22. The highest BCUT2D eigenvalue weighted by Gasteiger charge is 2.06. The van der Waals surface area contributed by atoms with E-state index in [0.717, 1.165) is 9.35 Å². The summed E-state index contributed by atoms with van der Waals surface area (Å²) in [5.74, 6) is -0.0174. The van der Waals surface area contributed by atoms with Gasteiger partial charge in [-0.15, -0.1) is 11.3 Å². The summed E-state index contributed by atoms with van der Waals surface area (Å²) in [5.41, 5.74) is 0. The minimum absolute atomic E-state index is 0.0174. The normalized spacial score (nSPS) is 12.5. The number of halogens is 1. The van der Waals surface area contributed by atoms with Gasteiger partial charge in [0.2, 0.25) is 5.91 Å². The Morgan fingerprint density at radius 2 is 2.47 bits per heavy atom. The lowest BCUT2D eigenvalue weighted by Gasteiger charge is -2.05. The fraction of sp³-hybridized carbons (Fsp3) is 0.500. The number of rotatable bonds is 5. The van der Waals surface area contributed by atoms with E-state index in [0.29, 0.717) is 19.4 Å². The molecule has 0 bridgehead atoms. The number of carbonyl (C=O) groups excluding carboxylic acids is 1. The van der Waals surface area contributed by atoms with E-state index in [2.05, 4.69) is 21.2 Å². The van der Waals surface area contributed by atoms with Gasteiger partial charge in [0.15, 0.2) is 0 Å². The Balaban J connectivity index is 2.26. The van der Waals surface area contributed by atoms with E-state index in [4.69, 9.17) is 5.11 Å². The summed E-state index contributed by atoms with van der Waals surface area (Å²) >= 11 is 5.00. The van der Waals surface area contributed by atoms with E-state index in [9.17, 15) is 4.79 Å². The van der Waals surface area contributed by atoms with Crippen molar-refractivity contribution in [3.63, 3.8) is 0 Å². The molecule has 0 saturated carbocycles. The van der Waals surface area contributed by atoms with Gasteiger partial charge in [0, 0.05) is 15.8 Å². The molecule has 1 aromatic heterocycles. The Bertz CT molecular complexity index is 325. The smallest absolute Gasteiger partial charge is 0.220 e. The van der Waals surface area contributed by atoms with Crippen molar-refractivity contribution in [2.75, 3.05) is 0 Å². The molecule has 1 aromatic rings. The number of amides is 1. The standard InChI is InChI=1S/C10H14BrNO2S/c1-7(13)2-3-10(14)12-6-9-8(11)4-5-15-9/h4-5,7,13H,2-3,6H2,1H3,(H,12,14). The topological polar surface area (TPSA) is 49.3 Å². The zero-order valence-corrected chi connectivity index (χ0v) is 10.9. The fourth-order valence-electron chi connectivity index (χ4n) is 1.06. The molecule has 1 amide bonds. The third-order valence-electron chi connectivity index (χ3n) is 1.93. The van der Waals surface area contributed by atoms with E-state index in [1.807, 2.05) is 11.4 Å². The zero-order valence-electron chi connectivity index (χ0n) is 8.50. The van der Waals surface area contributed by atoms with Crippen LogP contribution in [0.1, 0.15) is 24.6 Å². The van der Waals surface area contributed by atoms with Crippen LogP contribution in [0.2, 0.25) is 0 Å². The summed E-state index contributed by atoms with van der Waals surface area (Å²) in [4.78, 5) is 12.4. The average molecular weight is 292 g/mol. The summed E-state index contributed by atoms with van der Waals surface area (Å²) in [6, 6.07) is 1.96. The number of nitrogens with one attached hydrogen (secondary N) is 1. The maximum Gasteiger partial charge on any atom is 0.220 e. The van der Waals surface area contributed by atoms with Crippen LogP contribution in [0.4, 0.5) is 0 Å². The predicted octanol–water partition coefficient (Wildman–Crippen LogP) is 2.29. The Morgan fingerprint density at radius 1 is 1.73 bits per heavy atom. The molecule has 0 fully saturated rings. The van der Waals surface area contributed by atoms with Gasteiger partial charge in [0.25, 0.3) is 0 Å². The Kier molecular flexibility index (Phi) is 5.28. The largest absolute Gasteiger partial charge is 0.393 e. The van der Waals surface area contributed by atoms with E-state index in [1.54, 1.807) is 18.3 Å². The van der Waals surface area contributed by atoms with Gasteiger partial charge in [-0.05, 0) is 40.7 Å². The van der Waals surface area contributed by atoms with Gasteiger partial charge >= 0.3 is 0 Å². The highest BCUT2D eigenvalue weighted by atomic mass is 79.9. The average Bonchev–Trinajstić information content (AvgIpc) is 2.58. The Hall–Kier alpha value is -0.390. The van der Waals surface area contributed by atoms with Crippen molar-refractivity contribution in [1.29, 1.82) is 0 Å². The summed E-state index contributed by atoms with van der Waals surface area (Å²) in [7, 11) is 0. The van der Waals surface area contributed by atoms with Crippen molar-refractivity contribution >= 4 is 33.2 Å². The maximum absolute atomic E-state index is 11.3. The van der Waals surface area contributed by atoms with Crippen molar-refractivity contribution in [2.24, 2.45) is 0 Å². The number of aliphatic hydroxyl groups excluding tert-OH is 1. The molecule has 0 aliphatic carbocycles. The van der Waals surface area contributed by atoms with Crippen LogP contribution in [-0.4, -0.2) is 17.1 Å². The van der Waals surface area contributed by atoms with Crippen LogP contribution in [0.3, 0.4) is 0 Å². The molecule has 1 atom stereocenters. The first-order valence-corrected chi connectivity index (χ1v) is 6.43. The quantitative estimate of drug-likeness (QED) is 0.875. The lowest BCUT2D eigenvalue weighted by Crippen LogP contribution is -2.23. The fourth-order valence-corrected chi connectivity index (χ4v) is 2.49. The minimum Gasteiger partial charge on any atom is -0.393 e. The molecule has 0 spiro atoms. The van der Waals surface area contributed by atoms with Gasteiger partial charge in [-0.25, -0.2) is 0 Å². The first-order chi connectivity index (χ1) is 7.09. The SMILES string of the molecule is CC(O)CCC(=O)NCc1sccc1Br. The molecule has 1 unspecified atom stereocenters. The van der Waals surface area contributed by atoms with Crippen LogP contribution in [0, 0.1) is 0 Å². The molecular formula is C10H14BrNO2S. The van der Waals surface area contributed by atoms with Crippen LogP contribution in [-0.2, 0) is 11.3 Å². The van der Waals surface area contributed by atoms with Crippen LogP contribution in [0.5, 0.6) is 0 Å². The monoisotopic (exact) mass is 291 g/mol. The summed E-state index contributed by atoms with van der Waals surface area (Å²) < 4.78 is 1.03. The van der Waals surface area contributed by atoms with Gasteiger partial charge in [-0.3, -0.25) is 4.79 Å². The molecule has 0 radical (unpaired) electrons. The molecule has 84 valence electrons. The molecule has 0 aliphatic heterocycles. The number of thiophene rings is 1. The summed E-state index contributed by atoms with van der Waals surface area (Å²) in [6.45, 7) is 2.24. The molecule has 15 heavy (non-hydrogen) atoms. The molecular weight excluding hydrogens is 278 g/mol. The van der Waals surface area contributed by atoms with Crippen molar-refractivity contribution in [3.05, 3.63) is 20.8 Å². The number of hydrogen-bond donors (Lipinski definition) is 2. The second-order valence-corrected chi connectivity index (χ2v) is 5.21. The summed E-state index contributed by atoms with van der Waals surface area (Å²) in [6.07, 6.45) is 0.474. The van der Waals surface area contributed by atoms with Crippen molar-refractivity contribution < 1.29 is 9.90 Å². The Labute approximate surface area is 102 Å². The molecule has 1 heterocycles. The van der Waals surface area contributed by atoms with Gasteiger partial charge in [0.1, 0.15) is 0 Å². The molecule has 0 saturated heterocycles. The lowest BCUT2D eigenvalue weighted by molar-refractivity contribution is -0.121. The third-order valence-corrected chi connectivity index (χ3v) is 3.85. The molecule has 2 N–H and O–H groups in total. The maximum atomic E-state index is 11.3. The van der Waals surface area contributed by atoms with Crippen LogP contribution in [0.15, 0.2) is 15.9 Å². The van der Waals surface area contributed by atoms with Crippen LogP contribution in [0.25, 0.3) is 0 Å². The van der Waals surface area contributed by atoms with Crippen molar-refractivity contribution in [1.82, 2.24) is 5.32 Å². The zero-order chi connectivity index (χ0) is 11.3. The van der Waals surface area contributed by atoms with E-state index in [-0.39, 0.29) is 5.91 Å². The molecule has 1 rings (SSSR count). The van der Waals surface area contributed by atoms with E-state index < -0.39 is 6.10 Å². The number of hydrogen-bond acceptors (Lipinski definition) is 3. The van der Waals surface area contributed by atoms with Gasteiger partial charge in [-0.2, -0.15) is 0 Å². The van der Waals surface area contributed by atoms with Gasteiger partial charge in [-0.1, -0.05) is 0 Å². The minimum atomic E-state index is -0.413. The first-order valence-electron chi connectivity index (χ1n) is 4.76. The molecule has 5 heteroatoms. The number of carbonyl (C=O) groups is 1. The third kappa shape index (κ3) is 4.77. The lowest BCUT2D eigenvalue weighted by atomic mass is 10.2. The number of aliphatic hydroxyl groups is 1. The van der Waals surface area contributed by atoms with Crippen LogP contribution < -0.4 is 5.32 Å². The van der Waals surface area contributed by atoms with Gasteiger partial charge < -0.3 is 10.4 Å². The second kappa shape index (κ2) is 6.25. The van der Waals surface area contributed by atoms with Gasteiger partial charge in [0.05, 0.1) is 12.6 Å². The molecule has 0 aliphatic rings. The van der Waals surface area contributed by atoms with Crippen molar-refractivity contribution in [3.8, 4) is 0 Å². The summed E-state index contributed by atoms with van der Waals surface area (Å²) in [5, 5.41) is 13.8. The van der Waals surface area contributed by atoms with E-state index >= 15 is 0 Å². The highest BCUT2D eigenvalue weighted by molar-refractivity contribution is 9.10. The molecule has 0 aromatic carbocycles. The van der Waals surface area contributed by atoms with Crippen LogP contribution >= 0.6 is 27.3 Å².